The van der Waals surface area contributed by atoms with Crippen molar-refractivity contribution in [3.05, 3.63) is 64.7 Å². The molecule has 2 aromatic rings. The number of nitrogens with zero attached hydrogens (tertiary/aromatic N) is 1. The van der Waals surface area contributed by atoms with E-state index in [9.17, 15) is 4.79 Å². The Morgan fingerprint density at radius 3 is 2.38 bits per heavy atom. The molecule has 0 spiro atoms. The van der Waals surface area contributed by atoms with Crippen molar-refractivity contribution >= 4 is 23.2 Å². The number of hydrogen-bond donors (Lipinski definition) is 0. The number of hydrogen-bond acceptors (Lipinski definition) is 1. The number of carbonyl (C=O) groups is 1. The third kappa shape index (κ3) is 3.64. The molecule has 0 N–H and O–H groups in total. The van der Waals surface area contributed by atoms with Gasteiger partial charge in [-0.3, -0.25) is 4.79 Å². The lowest BCUT2D eigenvalue weighted by Crippen LogP contribution is -2.32. The first-order valence-electron chi connectivity index (χ1n) is 7.01. The van der Waals surface area contributed by atoms with Gasteiger partial charge in [-0.2, -0.15) is 0 Å². The normalized spacial score (nSPS) is 10.5. The van der Waals surface area contributed by atoms with Gasteiger partial charge in [-0.25, -0.2) is 0 Å². The SMILES string of the molecule is Cc1ccc(N(Cc2ccccc2C)C(=O)CCl)c(C)c1. The average molecular weight is 302 g/mol. The fourth-order valence-electron chi connectivity index (χ4n) is 2.45. The molecule has 0 unspecified atom stereocenters. The molecule has 0 bridgehead atoms. The zero-order chi connectivity index (χ0) is 15.4. The number of halogens is 1. The first-order chi connectivity index (χ1) is 10.0. The summed E-state index contributed by atoms with van der Waals surface area (Å²) < 4.78 is 0. The van der Waals surface area contributed by atoms with Crippen molar-refractivity contribution in [2.45, 2.75) is 27.3 Å². The van der Waals surface area contributed by atoms with Crippen molar-refractivity contribution in [3.8, 4) is 0 Å². The van der Waals surface area contributed by atoms with Crippen LogP contribution in [0.25, 0.3) is 0 Å². The smallest absolute Gasteiger partial charge is 0.242 e. The molecule has 0 atom stereocenters. The summed E-state index contributed by atoms with van der Waals surface area (Å²) in [7, 11) is 0. The zero-order valence-corrected chi connectivity index (χ0v) is 13.4. The fraction of sp³-hybridized carbons (Fsp3) is 0.278. The van der Waals surface area contributed by atoms with Gasteiger partial charge >= 0.3 is 0 Å². The zero-order valence-electron chi connectivity index (χ0n) is 12.7. The summed E-state index contributed by atoms with van der Waals surface area (Å²) in [6.07, 6.45) is 0. The molecule has 0 aromatic heterocycles. The molecule has 2 nitrogen and oxygen atoms in total. The lowest BCUT2D eigenvalue weighted by atomic mass is 10.1. The van der Waals surface area contributed by atoms with Crippen LogP contribution in [0.5, 0.6) is 0 Å². The molecule has 2 aromatic carbocycles. The number of anilines is 1. The van der Waals surface area contributed by atoms with E-state index in [4.69, 9.17) is 11.6 Å². The third-order valence-corrected chi connectivity index (χ3v) is 3.88. The van der Waals surface area contributed by atoms with Gasteiger partial charge in [0.15, 0.2) is 0 Å². The Kier molecular flexibility index (Phi) is 5.03. The number of carbonyl (C=O) groups excluding carboxylic acids is 1. The van der Waals surface area contributed by atoms with Crippen molar-refractivity contribution in [1.29, 1.82) is 0 Å². The molecule has 21 heavy (non-hydrogen) atoms. The minimum Gasteiger partial charge on any atom is -0.307 e. The lowest BCUT2D eigenvalue weighted by molar-refractivity contribution is -0.116. The van der Waals surface area contributed by atoms with Crippen molar-refractivity contribution in [1.82, 2.24) is 0 Å². The number of benzene rings is 2. The molecule has 0 saturated heterocycles. The lowest BCUT2D eigenvalue weighted by Gasteiger charge is -2.25. The predicted octanol–water partition coefficient (Wildman–Crippen LogP) is 4.38. The molecule has 1 amide bonds. The highest BCUT2D eigenvalue weighted by molar-refractivity contribution is 6.29. The Balaban J connectivity index is 2.40. The van der Waals surface area contributed by atoms with Crippen LogP contribution >= 0.6 is 11.6 Å². The van der Waals surface area contributed by atoms with E-state index < -0.39 is 0 Å². The van der Waals surface area contributed by atoms with Crippen LogP contribution < -0.4 is 4.90 Å². The van der Waals surface area contributed by atoms with Gasteiger partial charge in [0, 0.05) is 5.69 Å². The molecule has 0 heterocycles. The van der Waals surface area contributed by atoms with Gasteiger partial charge in [0.25, 0.3) is 0 Å². The Morgan fingerprint density at radius 1 is 1.05 bits per heavy atom. The maximum atomic E-state index is 12.3. The maximum Gasteiger partial charge on any atom is 0.242 e. The monoisotopic (exact) mass is 301 g/mol. The van der Waals surface area contributed by atoms with Gasteiger partial charge in [-0.1, -0.05) is 42.0 Å². The largest absolute Gasteiger partial charge is 0.307 e. The summed E-state index contributed by atoms with van der Waals surface area (Å²) >= 11 is 5.80. The van der Waals surface area contributed by atoms with Crippen LogP contribution in [0.3, 0.4) is 0 Å². The van der Waals surface area contributed by atoms with Gasteiger partial charge in [0.1, 0.15) is 5.88 Å². The van der Waals surface area contributed by atoms with Crippen LogP contribution in [0.1, 0.15) is 22.3 Å². The molecule has 0 aliphatic rings. The molecule has 0 aliphatic carbocycles. The van der Waals surface area contributed by atoms with Gasteiger partial charge in [-0.05, 0) is 43.5 Å². The van der Waals surface area contributed by atoms with E-state index in [-0.39, 0.29) is 11.8 Å². The second-order valence-corrected chi connectivity index (χ2v) is 5.60. The molecule has 0 saturated carbocycles. The summed E-state index contributed by atoms with van der Waals surface area (Å²) in [4.78, 5) is 14.0. The van der Waals surface area contributed by atoms with Crippen molar-refractivity contribution in [2.75, 3.05) is 10.8 Å². The second kappa shape index (κ2) is 6.77. The third-order valence-electron chi connectivity index (χ3n) is 3.65. The Labute approximate surface area is 131 Å². The van der Waals surface area contributed by atoms with E-state index in [1.165, 1.54) is 11.1 Å². The first-order valence-corrected chi connectivity index (χ1v) is 7.54. The van der Waals surface area contributed by atoms with Crippen LogP contribution in [0.4, 0.5) is 5.69 Å². The Morgan fingerprint density at radius 2 is 1.76 bits per heavy atom. The van der Waals surface area contributed by atoms with Crippen LogP contribution in [0, 0.1) is 20.8 Å². The molecule has 0 fully saturated rings. The van der Waals surface area contributed by atoms with Crippen molar-refractivity contribution in [2.24, 2.45) is 0 Å². The van der Waals surface area contributed by atoms with Gasteiger partial charge in [0.2, 0.25) is 5.91 Å². The first kappa shape index (κ1) is 15.6. The van der Waals surface area contributed by atoms with E-state index in [2.05, 4.69) is 19.1 Å². The summed E-state index contributed by atoms with van der Waals surface area (Å²) in [6.45, 7) is 6.67. The highest BCUT2D eigenvalue weighted by atomic mass is 35.5. The minimum atomic E-state index is -0.0770. The summed E-state index contributed by atoms with van der Waals surface area (Å²) in [5.74, 6) is -0.0917. The molecule has 0 radical (unpaired) electrons. The van der Waals surface area contributed by atoms with E-state index in [0.29, 0.717) is 6.54 Å². The minimum absolute atomic E-state index is 0.0147. The maximum absolute atomic E-state index is 12.3. The second-order valence-electron chi connectivity index (χ2n) is 5.33. The summed E-state index contributed by atoms with van der Waals surface area (Å²) in [5, 5.41) is 0. The highest BCUT2D eigenvalue weighted by Crippen LogP contribution is 2.24. The molecule has 110 valence electrons. The van der Waals surface area contributed by atoms with Crippen LogP contribution in [-0.4, -0.2) is 11.8 Å². The van der Waals surface area contributed by atoms with Crippen molar-refractivity contribution in [3.63, 3.8) is 0 Å². The van der Waals surface area contributed by atoms with Gasteiger partial charge < -0.3 is 4.90 Å². The quantitative estimate of drug-likeness (QED) is 0.767. The van der Waals surface area contributed by atoms with Gasteiger partial charge in [0.05, 0.1) is 6.54 Å². The predicted molar refractivity (Wildman–Crippen MR) is 89.0 cm³/mol. The average Bonchev–Trinajstić information content (AvgIpc) is 2.46. The number of rotatable bonds is 4. The summed E-state index contributed by atoms with van der Waals surface area (Å²) in [6, 6.07) is 14.2. The van der Waals surface area contributed by atoms with Crippen LogP contribution in [0.15, 0.2) is 42.5 Å². The number of aryl methyl sites for hydroxylation is 3. The van der Waals surface area contributed by atoms with E-state index >= 15 is 0 Å². The molecular formula is C18H20ClNO. The van der Waals surface area contributed by atoms with Crippen LogP contribution in [0.2, 0.25) is 0 Å². The molecule has 3 heteroatoms. The number of amides is 1. The number of alkyl halides is 1. The van der Waals surface area contributed by atoms with E-state index in [1.54, 1.807) is 4.90 Å². The highest BCUT2D eigenvalue weighted by Gasteiger charge is 2.17. The fourth-order valence-corrected chi connectivity index (χ4v) is 2.59. The van der Waals surface area contributed by atoms with Gasteiger partial charge in [-0.15, -0.1) is 11.6 Å². The molecular weight excluding hydrogens is 282 g/mol. The molecule has 2 rings (SSSR count). The molecule has 0 aliphatic heterocycles. The summed E-state index contributed by atoms with van der Waals surface area (Å²) in [5.41, 5.74) is 5.51. The Hall–Kier alpha value is -1.80. The van der Waals surface area contributed by atoms with Crippen molar-refractivity contribution < 1.29 is 4.79 Å². The Bertz CT molecular complexity index is 651. The van der Waals surface area contributed by atoms with E-state index in [1.807, 2.05) is 44.2 Å². The standard InChI is InChI=1S/C18H20ClNO/c1-13-8-9-17(15(3)10-13)20(18(21)11-19)12-16-7-5-4-6-14(16)2/h4-10H,11-12H2,1-3H3. The van der Waals surface area contributed by atoms with Crippen LogP contribution in [-0.2, 0) is 11.3 Å². The van der Waals surface area contributed by atoms with E-state index in [0.717, 1.165) is 16.8 Å². The topological polar surface area (TPSA) is 20.3 Å².